The Morgan fingerprint density at radius 2 is 1.42 bits per heavy atom. The number of esters is 1. The molecule has 1 aliphatic rings. The molecule has 2 rings (SSSR count). The fraction of sp³-hybridized carbons (Fsp3) is 0.743. The predicted octanol–water partition coefficient (Wildman–Crippen LogP) is 8.28. The zero-order valence-electron chi connectivity index (χ0n) is 32.6. The van der Waals surface area contributed by atoms with Crippen LogP contribution in [0.1, 0.15) is 95.1 Å². The number of hydrogen-bond acceptors (Lipinski definition) is 11. The molecule has 0 unspecified atom stereocenters. The second-order valence-electron chi connectivity index (χ2n) is 17.1. The van der Waals surface area contributed by atoms with Crippen LogP contribution in [0.25, 0.3) is 0 Å². The average Bonchev–Trinajstić information content (AvgIpc) is 3.29. The van der Waals surface area contributed by atoms with Gasteiger partial charge in [0.25, 0.3) is 0 Å². The van der Waals surface area contributed by atoms with Gasteiger partial charge < -0.3 is 23.5 Å². The normalized spacial score (nSPS) is 17.8. The van der Waals surface area contributed by atoms with E-state index in [-0.39, 0.29) is 30.8 Å². The Hall–Kier alpha value is -2.48. The van der Waals surface area contributed by atoms with Gasteiger partial charge in [-0.2, -0.15) is 0 Å². The number of phosphoric acid groups is 1. The van der Waals surface area contributed by atoms with Crippen LogP contribution >= 0.6 is 7.82 Å². The minimum Gasteiger partial charge on any atom is -0.459 e. The zero-order chi connectivity index (χ0) is 38.3. The molecule has 13 nitrogen and oxygen atoms in total. The number of likely N-dealkylation sites (tertiary alicyclic amines) is 1. The van der Waals surface area contributed by atoms with E-state index in [1.165, 1.54) is 4.90 Å². The summed E-state index contributed by atoms with van der Waals surface area (Å²) in [5.41, 5.74) is -1.81. The molecule has 0 aliphatic carbocycles. The first kappa shape index (κ1) is 43.7. The smallest absolute Gasteiger partial charge is 0.459 e. The van der Waals surface area contributed by atoms with E-state index in [9.17, 15) is 18.9 Å². The zero-order valence-corrected chi connectivity index (χ0v) is 34.5. The number of amides is 2. The molecule has 286 valence electrons. The molecule has 1 aromatic carbocycles. The van der Waals surface area contributed by atoms with Crippen LogP contribution in [0.5, 0.6) is 0 Å². The maximum absolute atomic E-state index is 13.6. The van der Waals surface area contributed by atoms with Crippen LogP contribution in [0.15, 0.2) is 30.3 Å². The lowest BCUT2D eigenvalue weighted by atomic mass is 10.2. The fourth-order valence-corrected chi connectivity index (χ4v) is 7.74. The van der Waals surface area contributed by atoms with Crippen molar-refractivity contribution in [2.24, 2.45) is 0 Å². The van der Waals surface area contributed by atoms with E-state index in [1.54, 1.807) is 62.3 Å². The lowest BCUT2D eigenvalue weighted by Gasteiger charge is -2.38. The van der Waals surface area contributed by atoms with Crippen LogP contribution in [-0.4, -0.2) is 91.6 Å². The highest BCUT2D eigenvalue weighted by Gasteiger charge is 2.45. The third-order valence-electron chi connectivity index (χ3n) is 7.68. The highest BCUT2D eigenvalue weighted by atomic mass is 31.2. The van der Waals surface area contributed by atoms with Gasteiger partial charge in [0.2, 0.25) is 6.79 Å². The van der Waals surface area contributed by atoms with E-state index in [0.29, 0.717) is 6.42 Å². The van der Waals surface area contributed by atoms with Gasteiger partial charge in [0.1, 0.15) is 18.8 Å². The van der Waals surface area contributed by atoms with E-state index in [1.807, 2.05) is 30.3 Å². The summed E-state index contributed by atoms with van der Waals surface area (Å²) in [5, 5.41) is -0.0802. The Morgan fingerprint density at radius 3 is 1.92 bits per heavy atom. The number of carbonyl (C=O) groups is 3. The first-order chi connectivity index (χ1) is 22.6. The van der Waals surface area contributed by atoms with E-state index < -0.39 is 70.5 Å². The van der Waals surface area contributed by atoms with Gasteiger partial charge >= 0.3 is 26.0 Å². The van der Waals surface area contributed by atoms with Crippen molar-refractivity contribution in [3.05, 3.63) is 35.9 Å². The maximum atomic E-state index is 13.6. The monoisotopic (exact) mass is 744 g/mol. The topological polar surface area (TPSA) is 139 Å². The van der Waals surface area contributed by atoms with Crippen molar-refractivity contribution < 1.29 is 51.2 Å². The first-order valence-electron chi connectivity index (χ1n) is 17.0. The van der Waals surface area contributed by atoms with E-state index in [2.05, 4.69) is 33.9 Å². The van der Waals surface area contributed by atoms with Crippen LogP contribution in [0.3, 0.4) is 0 Å². The van der Waals surface area contributed by atoms with Gasteiger partial charge in [-0.25, -0.2) is 18.7 Å². The number of ether oxygens (including phenoxy) is 3. The molecule has 0 radical (unpaired) electrons. The van der Waals surface area contributed by atoms with Crippen molar-refractivity contribution in [3.63, 3.8) is 0 Å². The minimum atomic E-state index is -4.20. The van der Waals surface area contributed by atoms with Gasteiger partial charge in [0.15, 0.2) is 8.32 Å². The largest absolute Gasteiger partial charge is 0.478 e. The molecule has 0 N–H and O–H groups in total. The van der Waals surface area contributed by atoms with Crippen molar-refractivity contribution in [2.45, 2.75) is 143 Å². The lowest BCUT2D eigenvalue weighted by molar-refractivity contribution is -0.156. The number of hydrogen-bond donors (Lipinski definition) is 0. The highest BCUT2D eigenvalue weighted by Crippen LogP contribution is 2.55. The Balaban J connectivity index is 2.34. The number of nitrogens with zero attached hydrogens (tertiary/aromatic N) is 2. The molecular formula is C35H61N2O11PSi. The van der Waals surface area contributed by atoms with Crippen molar-refractivity contribution >= 4 is 34.3 Å². The van der Waals surface area contributed by atoms with Gasteiger partial charge in [-0.3, -0.25) is 18.7 Å². The first-order valence-corrected chi connectivity index (χ1v) is 21.4. The summed E-state index contributed by atoms with van der Waals surface area (Å²) in [6, 6.07) is 8.72. The standard InChI is InChI=1S/C35H61N2O11PSi/c1-32(2,3)45-29(38)23-36(30(39)43-25-44-49(41,47-33(4,5)6)48-34(7,8)9)21-27-20-28(46-50(13,14)35(10,11)12)22-37(27)31(40)42-24-26-18-16-15-17-19-26/h15-19,27-28H,20-25H2,1-14H3/t27-,28+/m0/s1. The summed E-state index contributed by atoms with van der Waals surface area (Å²) >= 11 is 0. The van der Waals surface area contributed by atoms with Gasteiger partial charge in [-0.15, -0.1) is 0 Å². The Labute approximate surface area is 300 Å². The summed E-state index contributed by atoms with van der Waals surface area (Å²) in [6.45, 7) is 24.8. The molecule has 50 heavy (non-hydrogen) atoms. The Bertz CT molecular complexity index is 1310. The summed E-state index contributed by atoms with van der Waals surface area (Å²) in [6.07, 6.45) is -1.48. The molecule has 1 aromatic rings. The molecular weight excluding hydrogens is 683 g/mol. The Kier molecular flexibility index (Phi) is 14.8. The number of rotatable bonds is 13. The quantitative estimate of drug-likeness (QED) is 0.0634. The molecule has 1 fully saturated rings. The molecule has 0 bridgehead atoms. The molecule has 1 saturated heterocycles. The van der Waals surface area contributed by atoms with Gasteiger partial charge in [0, 0.05) is 13.1 Å². The number of phosphoric ester groups is 1. The molecule has 15 heteroatoms. The maximum Gasteiger partial charge on any atom is 0.478 e. The Morgan fingerprint density at radius 1 is 0.860 bits per heavy atom. The van der Waals surface area contributed by atoms with Gasteiger partial charge in [-0.1, -0.05) is 51.1 Å². The molecule has 2 amide bonds. The fourth-order valence-electron chi connectivity index (χ4n) is 4.71. The van der Waals surface area contributed by atoms with E-state index >= 15 is 0 Å². The number of benzene rings is 1. The van der Waals surface area contributed by atoms with Gasteiger partial charge in [0.05, 0.1) is 23.3 Å². The van der Waals surface area contributed by atoms with Crippen molar-refractivity contribution in [1.82, 2.24) is 9.80 Å². The van der Waals surface area contributed by atoms with Crippen molar-refractivity contribution in [2.75, 3.05) is 26.4 Å². The third kappa shape index (κ3) is 15.4. The minimum absolute atomic E-state index is 0.0605. The summed E-state index contributed by atoms with van der Waals surface area (Å²) in [7, 11) is -6.45. The molecule has 0 aromatic heterocycles. The van der Waals surface area contributed by atoms with E-state index in [4.69, 9.17) is 32.2 Å². The molecule has 0 saturated carbocycles. The predicted molar refractivity (Wildman–Crippen MR) is 193 cm³/mol. The molecule has 0 spiro atoms. The third-order valence-corrected chi connectivity index (χ3v) is 14.2. The molecule has 1 heterocycles. The van der Waals surface area contributed by atoms with E-state index in [0.717, 1.165) is 10.5 Å². The summed E-state index contributed by atoms with van der Waals surface area (Å²) < 4.78 is 53.4. The van der Waals surface area contributed by atoms with Crippen LogP contribution in [0.4, 0.5) is 9.59 Å². The molecule has 2 atom stereocenters. The lowest BCUT2D eigenvalue weighted by Crippen LogP contribution is -2.48. The second kappa shape index (κ2) is 16.9. The van der Waals surface area contributed by atoms with Crippen LogP contribution in [-0.2, 0) is 48.2 Å². The highest BCUT2D eigenvalue weighted by molar-refractivity contribution is 7.48. The summed E-state index contributed by atoms with van der Waals surface area (Å²) in [4.78, 5) is 42.9. The van der Waals surface area contributed by atoms with Gasteiger partial charge in [-0.05, 0) is 92.4 Å². The average molecular weight is 745 g/mol. The van der Waals surface area contributed by atoms with Crippen LogP contribution in [0, 0.1) is 0 Å². The van der Waals surface area contributed by atoms with Crippen LogP contribution < -0.4 is 0 Å². The van der Waals surface area contributed by atoms with Crippen molar-refractivity contribution in [1.29, 1.82) is 0 Å². The number of carbonyl (C=O) groups excluding carboxylic acids is 3. The SMILES string of the molecule is CC(C)(C)OC(=O)CN(C[C@@H]1C[C@@H](O[Si](C)(C)C(C)(C)C)CN1C(=O)OCc1ccccc1)C(=O)OCOP(=O)(OC(C)(C)C)OC(C)(C)C. The molecule has 1 aliphatic heterocycles. The summed E-state index contributed by atoms with van der Waals surface area (Å²) in [5.74, 6) is -0.682. The van der Waals surface area contributed by atoms with Crippen molar-refractivity contribution in [3.8, 4) is 0 Å². The van der Waals surface area contributed by atoms with Crippen LogP contribution in [0.2, 0.25) is 18.1 Å². The second-order valence-corrected chi connectivity index (χ2v) is 23.3.